The van der Waals surface area contributed by atoms with E-state index in [2.05, 4.69) is 43.0 Å². The van der Waals surface area contributed by atoms with E-state index in [-0.39, 0.29) is 12.4 Å². The average Bonchev–Trinajstić information content (AvgIpc) is 2.52. The molecule has 1 aliphatic rings. The minimum absolute atomic E-state index is 0. The number of benzene rings is 2. The first-order chi connectivity index (χ1) is 10.9. The zero-order chi connectivity index (χ0) is 16.6. The maximum Gasteiger partial charge on any atom is 0.128 e. The minimum atomic E-state index is -0.424. The summed E-state index contributed by atoms with van der Waals surface area (Å²) in [7, 11) is 0. The highest BCUT2D eigenvalue weighted by Crippen LogP contribution is 2.51. The van der Waals surface area contributed by atoms with Crippen molar-refractivity contribution in [2.24, 2.45) is 5.73 Å². The molecule has 0 aromatic heterocycles. The summed E-state index contributed by atoms with van der Waals surface area (Å²) in [6.07, 6.45) is -0.421. The molecule has 0 fully saturated rings. The second-order valence-electron chi connectivity index (χ2n) is 6.05. The van der Waals surface area contributed by atoms with Gasteiger partial charge in [0.25, 0.3) is 0 Å². The van der Waals surface area contributed by atoms with Crippen molar-refractivity contribution >= 4 is 47.1 Å². The highest BCUT2D eigenvalue weighted by atomic mass is 35.5. The van der Waals surface area contributed by atoms with Crippen LogP contribution < -0.4 is 10.6 Å². The number of rotatable bonds is 4. The Kier molecular flexibility index (Phi) is 6.10. The van der Waals surface area contributed by atoms with Gasteiger partial charge in [-0.05, 0) is 51.1 Å². The third kappa shape index (κ3) is 3.39. The molecule has 2 aromatic carbocycles. The molecule has 3 nitrogen and oxygen atoms in total. The van der Waals surface area contributed by atoms with Gasteiger partial charge < -0.3 is 15.4 Å². The van der Waals surface area contributed by atoms with E-state index in [9.17, 15) is 0 Å². The summed E-state index contributed by atoms with van der Waals surface area (Å²) >= 11 is 8.02. The Morgan fingerprint density at radius 1 is 1.17 bits per heavy atom. The summed E-state index contributed by atoms with van der Waals surface area (Å²) in [6.45, 7) is 6.74. The van der Waals surface area contributed by atoms with Crippen molar-refractivity contribution in [3.05, 3.63) is 47.5 Å². The van der Waals surface area contributed by atoms with E-state index >= 15 is 0 Å². The van der Waals surface area contributed by atoms with Crippen LogP contribution in [-0.2, 0) is 4.74 Å². The van der Waals surface area contributed by atoms with E-state index in [0.29, 0.717) is 6.61 Å². The Morgan fingerprint density at radius 2 is 1.83 bits per heavy atom. The third-order valence-corrected chi connectivity index (χ3v) is 5.47. The number of anilines is 2. The van der Waals surface area contributed by atoms with Crippen LogP contribution in [0.1, 0.15) is 20.8 Å². The Bertz CT molecular complexity index is 724. The van der Waals surface area contributed by atoms with Crippen molar-refractivity contribution in [3.8, 4) is 0 Å². The lowest BCUT2D eigenvalue weighted by Crippen LogP contribution is -2.56. The molecule has 2 aromatic rings. The quantitative estimate of drug-likeness (QED) is 0.709. The van der Waals surface area contributed by atoms with Gasteiger partial charge >= 0.3 is 0 Å². The van der Waals surface area contributed by atoms with Crippen LogP contribution in [0.4, 0.5) is 11.4 Å². The zero-order valence-corrected chi connectivity index (χ0v) is 16.3. The van der Waals surface area contributed by atoms with Gasteiger partial charge in [-0.15, -0.1) is 12.4 Å². The molecule has 2 N–H and O–H groups in total. The fourth-order valence-electron chi connectivity index (χ4n) is 2.86. The first-order valence-electron chi connectivity index (χ1n) is 7.69. The van der Waals surface area contributed by atoms with Gasteiger partial charge in [-0.2, -0.15) is 0 Å². The van der Waals surface area contributed by atoms with E-state index in [1.807, 2.05) is 25.1 Å². The number of nitrogens with two attached hydrogens (primary N) is 1. The average molecular weight is 385 g/mol. The normalized spacial score (nSPS) is 14.5. The summed E-state index contributed by atoms with van der Waals surface area (Å²) in [5.74, 6) is 0. The highest BCUT2D eigenvalue weighted by Gasteiger charge is 2.39. The van der Waals surface area contributed by atoms with Gasteiger partial charge in [0.05, 0.1) is 16.9 Å². The fraction of sp³-hybridized carbons (Fsp3) is 0.333. The van der Waals surface area contributed by atoms with Crippen molar-refractivity contribution in [2.45, 2.75) is 42.3 Å². The largest absolute Gasteiger partial charge is 0.361 e. The van der Waals surface area contributed by atoms with Crippen molar-refractivity contribution in [1.29, 1.82) is 0 Å². The molecule has 0 saturated heterocycles. The minimum Gasteiger partial charge on any atom is -0.361 e. The van der Waals surface area contributed by atoms with Crippen molar-refractivity contribution in [3.63, 3.8) is 0 Å². The van der Waals surface area contributed by atoms with Crippen molar-refractivity contribution < 1.29 is 4.74 Å². The van der Waals surface area contributed by atoms with Crippen molar-refractivity contribution in [1.82, 2.24) is 0 Å². The standard InChI is InChI=1S/C18H21ClN2OS.ClH/c1-4-22-17(20)18(2,3)21-13-7-5-6-8-15(13)23-16-10-9-12(19)11-14(16)21;/h5-11,17H,4,20H2,1-3H3;1H. The van der Waals surface area contributed by atoms with Crippen LogP contribution in [0.25, 0.3) is 0 Å². The molecule has 0 saturated carbocycles. The predicted octanol–water partition coefficient (Wildman–Crippen LogP) is 5.46. The van der Waals surface area contributed by atoms with Crippen LogP contribution in [0.5, 0.6) is 0 Å². The Labute approximate surface area is 158 Å². The lowest BCUT2D eigenvalue weighted by molar-refractivity contribution is 0.0222. The van der Waals surface area contributed by atoms with Crippen LogP contribution in [0, 0.1) is 0 Å². The van der Waals surface area contributed by atoms with Gasteiger partial charge in [-0.1, -0.05) is 35.5 Å². The van der Waals surface area contributed by atoms with Crippen molar-refractivity contribution in [2.75, 3.05) is 11.5 Å². The Balaban J connectivity index is 0.00000208. The second kappa shape index (κ2) is 7.54. The maximum absolute atomic E-state index is 6.34. The van der Waals surface area contributed by atoms with Crippen LogP contribution in [0.2, 0.25) is 5.02 Å². The molecule has 1 atom stereocenters. The van der Waals surface area contributed by atoms with E-state index in [1.54, 1.807) is 11.8 Å². The van der Waals surface area contributed by atoms with Crippen LogP contribution >= 0.6 is 35.8 Å². The smallest absolute Gasteiger partial charge is 0.128 e. The van der Waals surface area contributed by atoms with Crippen LogP contribution in [-0.4, -0.2) is 18.4 Å². The summed E-state index contributed by atoms with van der Waals surface area (Å²) in [4.78, 5) is 4.63. The van der Waals surface area contributed by atoms with E-state index in [1.165, 1.54) is 9.79 Å². The molecule has 1 aliphatic heterocycles. The molecular formula is C18H22Cl2N2OS. The Morgan fingerprint density at radius 3 is 2.54 bits per heavy atom. The number of para-hydroxylation sites is 1. The van der Waals surface area contributed by atoms with Gasteiger partial charge in [0.15, 0.2) is 0 Å². The van der Waals surface area contributed by atoms with Gasteiger partial charge in [0, 0.05) is 21.4 Å². The molecule has 130 valence electrons. The second-order valence-corrected chi connectivity index (χ2v) is 7.57. The molecule has 0 bridgehead atoms. The topological polar surface area (TPSA) is 38.5 Å². The third-order valence-electron chi connectivity index (χ3n) is 4.11. The summed E-state index contributed by atoms with van der Waals surface area (Å²) < 4.78 is 5.72. The maximum atomic E-state index is 6.34. The molecular weight excluding hydrogens is 363 g/mol. The SMILES string of the molecule is CCOC(N)C(C)(C)N1c2ccccc2Sc2ccc(Cl)cc21.Cl. The van der Waals surface area contributed by atoms with Gasteiger partial charge in [-0.3, -0.25) is 0 Å². The lowest BCUT2D eigenvalue weighted by atomic mass is 9.97. The lowest BCUT2D eigenvalue weighted by Gasteiger charge is -2.46. The zero-order valence-electron chi connectivity index (χ0n) is 14.0. The van der Waals surface area contributed by atoms with Crippen LogP contribution in [0.15, 0.2) is 52.3 Å². The molecule has 6 heteroatoms. The first kappa shape index (κ1) is 19.4. The predicted molar refractivity (Wildman–Crippen MR) is 105 cm³/mol. The monoisotopic (exact) mass is 384 g/mol. The molecule has 0 amide bonds. The van der Waals surface area contributed by atoms with E-state index in [0.717, 1.165) is 16.4 Å². The molecule has 3 rings (SSSR count). The first-order valence-corrected chi connectivity index (χ1v) is 8.88. The Hall–Kier alpha value is -0.910. The highest BCUT2D eigenvalue weighted by molar-refractivity contribution is 7.99. The molecule has 0 spiro atoms. The van der Waals surface area contributed by atoms with Gasteiger partial charge in [0.1, 0.15) is 6.23 Å². The molecule has 0 radical (unpaired) electrons. The molecule has 0 aliphatic carbocycles. The van der Waals surface area contributed by atoms with Gasteiger partial charge in [0.2, 0.25) is 0 Å². The number of hydrogen-bond acceptors (Lipinski definition) is 4. The number of nitrogens with zero attached hydrogens (tertiary/aromatic N) is 1. The summed E-state index contributed by atoms with van der Waals surface area (Å²) in [6, 6.07) is 14.3. The number of hydrogen-bond donors (Lipinski definition) is 1. The fourth-order valence-corrected chi connectivity index (χ4v) is 4.06. The number of fused-ring (bicyclic) bond motifs is 2. The summed E-state index contributed by atoms with van der Waals surface area (Å²) in [5.41, 5.74) is 8.12. The molecule has 1 unspecified atom stereocenters. The number of ether oxygens (including phenoxy) is 1. The number of halogens is 2. The van der Waals surface area contributed by atoms with E-state index in [4.69, 9.17) is 22.1 Å². The summed E-state index contributed by atoms with van der Waals surface area (Å²) in [5, 5.41) is 0.717. The molecule has 1 heterocycles. The van der Waals surface area contributed by atoms with Crippen LogP contribution in [0.3, 0.4) is 0 Å². The van der Waals surface area contributed by atoms with E-state index < -0.39 is 11.8 Å². The molecule has 24 heavy (non-hydrogen) atoms. The van der Waals surface area contributed by atoms with Gasteiger partial charge in [-0.25, -0.2) is 0 Å².